The molecule has 1 aliphatic heterocycles. The summed E-state index contributed by atoms with van der Waals surface area (Å²) in [5.41, 5.74) is 0.920. The van der Waals surface area contributed by atoms with Crippen LogP contribution in [0.2, 0.25) is 0 Å². The van der Waals surface area contributed by atoms with Crippen molar-refractivity contribution in [3.63, 3.8) is 0 Å². The van der Waals surface area contributed by atoms with E-state index in [1.807, 2.05) is 40.8 Å². The second-order valence-electron chi connectivity index (χ2n) is 5.07. The summed E-state index contributed by atoms with van der Waals surface area (Å²) in [7, 11) is 0. The molecular weight excluding hydrogens is 274 g/mol. The predicted molar refractivity (Wildman–Crippen MR) is 78.7 cm³/mol. The molecule has 1 saturated heterocycles. The number of nitrogens with zero attached hydrogens (tertiary/aromatic N) is 3. The molecule has 3 heterocycles. The first kappa shape index (κ1) is 13.3. The second-order valence-corrected chi connectivity index (χ2v) is 5.95. The first-order valence-electron chi connectivity index (χ1n) is 6.66. The van der Waals surface area contributed by atoms with Gasteiger partial charge in [0.2, 0.25) is 5.91 Å². The molecule has 3 rings (SSSR count). The van der Waals surface area contributed by atoms with Crippen LogP contribution in [0.4, 0.5) is 0 Å². The number of ether oxygens (including phenoxy) is 1. The summed E-state index contributed by atoms with van der Waals surface area (Å²) in [6.45, 7) is 5.28. The monoisotopic (exact) mass is 291 g/mol. The number of thiazole rings is 1. The largest absolute Gasteiger partial charge is 0.372 e. The fraction of sp³-hybridized carbons (Fsp3) is 0.429. The molecule has 0 bridgehead atoms. The topological polar surface area (TPSA) is 46.8 Å². The third-order valence-corrected chi connectivity index (χ3v) is 4.07. The van der Waals surface area contributed by atoms with Crippen molar-refractivity contribution >= 4 is 28.3 Å². The van der Waals surface area contributed by atoms with Gasteiger partial charge in [0.25, 0.3) is 0 Å². The summed E-state index contributed by atoms with van der Waals surface area (Å²) in [5, 5.41) is 1.98. The molecule has 2 aromatic heterocycles. The van der Waals surface area contributed by atoms with Crippen LogP contribution in [-0.4, -0.2) is 45.5 Å². The second kappa shape index (κ2) is 5.38. The van der Waals surface area contributed by atoms with Gasteiger partial charge in [-0.2, -0.15) is 0 Å². The third-order valence-electron chi connectivity index (χ3n) is 3.30. The first-order chi connectivity index (χ1) is 9.63. The number of hydrogen-bond donors (Lipinski definition) is 0. The number of amides is 1. The summed E-state index contributed by atoms with van der Waals surface area (Å²) in [6, 6.07) is 0. The molecule has 2 aromatic rings. The summed E-state index contributed by atoms with van der Waals surface area (Å²) >= 11 is 1.58. The number of fused-ring (bicyclic) bond motifs is 1. The van der Waals surface area contributed by atoms with Gasteiger partial charge in [-0.25, -0.2) is 4.98 Å². The molecule has 0 aliphatic carbocycles. The van der Waals surface area contributed by atoms with E-state index in [2.05, 4.69) is 4.98 Å². The van der Waals surface area contributed by atoms with Crippen molar-refractivity contribution in [2.75, 3.05) is 13.1 Å². The molecule has 0 radical (unpaired) electrons. The Kier molecular flexibility index (Phi) is 3.58. The van der Waals surface area contributed by atoms with E-state index >= 15 is 0 Å². The first-order valence-corrected chi connectivity index (χ1v) is 7.54. The minimum absolute atomic E-state index is 0.0252. The van der Waals surface area contributed by atoms with Gasteiger partial charge in [0.15, 0.2) is 4.96 Å². The zero-order chi connectivity index (χ0) is 14.1. The number of carbonyl (C=O) groups excluding carboxylic acids is 1. The Morgan fingerprint density at radius 3 is 2.95 bits per heavy atom. The molecule has 0 aromatic carbocycles. The molecule has 2 unspecified atom stereocenters. The highest BCUT2D eigenvalue weighted by Crippen LogP contribution is 2.15. The lowest BCUT2D eigenvalue weighted by Crippen LogP contribution is -2.47. The average molecular weight is 291 g/mol. The van der Waals surface area contributed by atoms with Crippen LogP contribution in [0.25, 0.3) is 11.0 Å². The molecule has 0 saturated carbocycles. The highest BCUT2D eigenvalue weighted by Gasteiger charge is 2.24. The van der Waals surface area contributed by atoms with Gasteiger partial charge in [-0.1, -0.05) is 0 Å². The number of hydrogen-bond acceptors (Lipinski definition) is 4. The highest BCUT2D eigenvalue weighted by molar-refractivity contribution is 7.15. The molecule has 2 atom stereocenters. The smallest absolute Gasteiger partial charge is 0.246 e. The molecule has 5 nitrogen and oxygen atoms in total. The molecule has 1 aliphatic rings. The van der Waals surface area contributed by atoms with E-state index in [0.29, 0.717) is 13.1 Å². The Balaban J connectivity index is 1.72. The van der Waals surface area contributed by atoms with Crippen LogP contribution in [0.1, 0.15) is 19.5 Å². The van der Waals surface area contributed by atoms with Crippen molar-refractivity contribution in [1.29, 1.82) is 0 Å². The molecule has 6 heteroatoms. The number of rotatable bonds is 2. The van der Waals surface area contributed by atoms with E-state index < -0.39 is 0 Å². The number of aromatic nitrogens is 2. The predicted octanol–water partition coefficient (Wildman–Crippen LogP) is 2.04. The van der Waals surface area contributed by atoms with Crippen LogP contribution in [0, 0.1) is 0 Å². The zero-order valence-corrected chi connectivity index (χ0v) is 12.3. The van der Waals surface area contributed by atoms with Gasteiger partial charge in [-0.15, -0.1) is 11.3 Å². The molecule has 0 spiro atoms. The lowest BCUT2D eigenvalue weighted by atomic mass is 10.2. The van der Waals surface area contributed by atoms with Crippen molar-refractivity contribution in [3.8, 4) is 0 Å². The van der Waals surface area contributed by atoms with Crippen molar-refractivity contribution in [1.82, 2.24) is 14.3 Å². The normalized spacial score (nSPS) is 23.8. The minimum atomic E-state index is 0.0252. The fourth-order valence-corrected chi connectivity index (χ4v) is 3.19. The van der Waals surface area contributed by atoms with Crippen LogP contribution < -0.4 is 0 Å². The maximum absolute atomic E-state index is 12.2. The summed E-state index contributed by atoms with van der Waals surface area (Å²) in [6.07, 6.45) is 7.35. The summed E-state index contributed by atoms with van der Waals surface area (Å²) < 4.78 is 7.60. The van der Waals surface area contributed by atoms with E-state index in [9.17, 15) is 4.79 Å². The number of morpholine rings is 1. The van der Waals surface area contributed by atoms with Gasteiger partial charge in [-0.3, -0.25) is 9.20 Å². The number of carbonyl (C=O) groups is 1. The van der Waals surface area contributed by atoms with E-state index in [1.165, 1.54) is 0 Å². The Labute approximate surface area is 121 Å². The maximum atomic E-state index is 12.2. The van der Waals surface area contributed by atoms with Gasteiger partial charge in [-0.05, 0) is 19.9 Å². The van der Waals surface area contributed by atoms with Gasteiger partial charge < -0.3 is 9.64 Å². The molecule has 0 N–H and O–H groups in total. The van der Waals surface area contributed by atoms with Gasteiger partial charge in [0.1, 0.15) is 0 Å². The van der Waals surface area contributed by atoms with Gasteiger partial charge in [0, 0.05) is 30.7 Å². The Morgan fingerprint density at radius 1 is 1.45 bits per heavy atom. The van der Waals surface area contributed by atoms with E-state index in [1.54, 1.807) is 23.6 Å². The van der Waals surface area contributed by atoms with Crippen LogP contribution in [0.3, 0.4) is 0 Å². The standard InChI is InChI=1S/C14H17N3O2S/c1-10-8-16(9-11(2)19-10)13(18)4-3-12-7-15-14-17(12)5-6-20-14/h3-7,10-11H,8-9H2,1-2H3/b4-3+. The lowest BCUT2D eigenvalue weighted by molar-refractivity contribution is -0.137. The molecule has 106 valence electrons. The van der Waals surface area contributed by atoms with E-state index in [0.717, 1.165) is 10.7 Å². The summed E-state index contributed by atoms with van der Waals surface area (Å²) in [4.78, 5) is 19.3. The van der Waals surface area contributed by atoms with E-state index in [4.69, 9.17) is 4.74 Å². The maximum Gasteiger partial charge on any atom is 0.246 e. The van der Waals surface area contributed by atoms with Gasteiger partial charge >= 0.3 is 0 Å². The van der Waals surface area contributed by atoms with Crippen LogP contribution in [0.5, 0.6) is 0 Å². The van der Waals surface area contributed by atoms with Crippen molar-refractivity contribution in [2.24, 2.45) is 0 Å². The van der Waals surface area contributed by atoms with Crippen molar-refractivity contribution in [3.05, 3.63) is 29.5 Å². The minimum Gasteiger partial charge on any atom is -0.372 e. The van der Waals surface area contributed by atoms with Crippen molar-refractivity contribution < 1.29 is 9.53 Å². The molecule has 1 fully saturated rings. The van der Waals surface area contributed by atoms with Crippen LogP contribution >= 0.6 is 11.3 Å². The Morgan fingerprint density at radius 2 is 2.20 bits per heavy atom. The Hall–Kier alpha value is -1.66. The molecular formula is C14H17N3O2S. The van der Waals surface area contributed by atoms with Crippen LogP contribution in [-0.2, 0) is 9.53 Å². The Bertz CT molecular complexity index is 636. The lowest BCUT2D eigenvalue weighted by Gasteiger charge is -2.34. The number of imidazole rings is 1. The SMILES string of the molecule is CC1CN(C(=O)/C=C/c2cnc3sccn23)CC(C)O1. The third kappa shape index (κ3) is 2.62. The van der Waals surface area contributed by atoms with Gasteiger partial charge in [0.05, 0.1) is 24.1 Å². The van der Waals surface area contributed by atoms with E-state index in [-0.39, 0.29) is 18.1 Å². The van der Waals surface area contributed by atoms with Crippen molar-refractivity contribution in [2.45, 2.75) is 26.1 Å². The quantitative estimate of drug-likeness (QED) is 0.796. The average Bonchev–Trinajstić information content (AvgIpc) is 2.98. The molecule has 1 amide bonds. The highest BCUT2D eigenvalue weighted by atomic mass is 32.1. The fourth-order valence-electron chi connectivity index (χ4n) is 2.49. The molecule has 20 heavy (non-hydrogen) atoms. The summed E-state index contributed by atoms with van der Waals surface area (Å²) in [5.74, 6) is 0.0252. The van der Waals surface area contributed by atoms with Crippen LogP contribution in [0.15, 0.2) is 23.8 Å². The zero-order valence-electron chi connectivity index (χ0n) is 11.5.